The fraction of sp³-hybridized carbons (Fsp3) is 0.471. The average Bonchev–Trinajstić information content (AvgIpc) is 3.13. The van der Waals surface area contributed by atoms with Gasteiger partial charge in [-0.2, -0.15) is 22.0 Å². The number of imidazole rings is 1. The lowest BCUT2D eigenvalue weighted by Crippen LogP contribution is -2.27. The summed E-state index contributed by atoms with van der Waals surface area (Å²) >= 11 is 0. The molecule has 11 heteroatoms. The molecule has 152 valence electrons. The Kier molecular flexibility index (Phi) is 5.52. The maximum atomic E-state index is 13.5. The molecule has 28 heavy (non-hydrogen) atoms. The summed E-state index contributed by atoms with van der Waals surface area (Å²) < 4.78 is 71.6. The van der Waals surface area contributed by atoms with Crippen LogP contribution in [0.2, 0.25) is 0 Å². The van der Waals surface area contributed by atoms with Gasteiger partial charge in [0.2, 0.25) is 11.8 Å². The minimum atomic E-state index is -4.76. The molecular formula is C17H17F5N4O2. The number of alkyl halides is 3. The fourth-order valence-corrected chi connectivity index (χ4v) is 3.04. The zero-order valence-electron chi connectivity index (χ0n) is 14.8. The molecule has 0 radical (unpaired) electrons. The number of hydrogen-bond donors (Lipinski definition) is 0. The first kappa shape index (κ1) is 20.0. The van der Waals surface area contributed by atoms with Crippen LogP contribution in [0.25, 0.3) is 5.65 Å². The van der Waals surface area contributed by atoms with Crippen LogP contribution < -0.4 is 4.74 Å². The second-order valence-corrected chi connectivity index (χ2v) is 6.39. The molecule has 1 unspecified atom stereocenters. The summed E-state index contributed by atoms with van der Waals surface area (Å²) in [6, 6.07) is 2.75. The number of rotatable bonds is 6. The lowest BCUT2D eigenvalue weighted by Gasteiger charge is -2.17. The summed E-state index contributed by atoms with van der Waals surface area (Å²) in [6.45, 7) is 1.65. The van der Waals surface area contributed by atoms with Gasteiger partial charge in [-0.1, -0.05) is 6.92 Å². The molecule has 1 amide bonds. The Labute approximate surface area is 156 Å². The van der Waals surface area contributed by atoms with Crippen molar-refractivity contribution in [1.82, 2.24) is 19.5 Å². The molecule has 0 spiro atoms. The van der Waals surface area contributed by atoms with Crippen molar-refractivity contribution >= 4 is 11.6 Å². The van der Waals surface area contributed by atoms with Gasteiger partial charge >= 0.3 is 6.18 Å². The molecule has 1 fully saturated rings. The van der Waals surface area contributed by atoms with Crippen molar-refractivity contribution in [2.75, 3.05) is 13.2 Å². The minimum Gasteiger partial charge on any atom is -0.477 e. The Bertz CT molecular complexity index is 905. The second-order valence-electron chi connectivity index (χ2n) is 6.39. The molecule has 1 atom stereocenters. The van der Waals surface area contributed by atoms with Crippen molar-refractivity contribution in [1.29, 1.82) is 0 Å². The first-order valence-electron chi connectivity index (χ1n) is 8.58. The molecule has 1 saturated heterocycles. The summed E-state index contributed by atoms with van der Waals surface area (Å²) in [5.41, 5.74) is -1.57. The van der Waals surface area contributed by atoms with Crippen molar-refractivity contribution < 1.29 is 31.5 Å². The first-order chi connectivity index (χ1) is 13.2. The van der Waals surface area contributed by atoms with Crippen LogP contribution in [0.1, 0.15) is 31.2 Å². The maximum Gasteiger partial charge on any atom is 0.435 e. The van der Waals surface area contributed by atoms with Crippen LogP contribution in [-0.2, 0) is 17.5 Å². The van der Waals surface area contributed by atoms with Gasteiger partial charge in [0.05, 0.1) is 18.8 Å². The number of carbonyl (C=O) groups excluding carboxylic acids is 1. The Morgan fingerprint density at radius 3 is 2.75 bits per heavy atom. The maximum absolute atomic E-state index is 13.5. The Morgan fingerprint density at radius 1 is 1.36 bits per heavy atom. The zero-order chi connectivity index (χ0) is 20.5. The van der Waals surface area contributed by atoms with Gasteiger partial charge in [-0.3, -0.25) is 4.79 Å². The summed E-state index contributed by atoms with van der Waals surface area (Å²) in [6.07, 6.45) is -5.54. The van der Waals surface area contributed by atoms with Gasteiger partial charge < -0.3 is 9.64 Å². The van der Waals surface area contributed by atoms with Crippen molar-refractivity contribution in [3.8, 4) is 5.88 Å². The number of hydrogen-bond acceptors (Lipinski definition) is 4. The molecule has 2 aromatic heterocycles. The molecular weight excluding hydrogens is 387 g/mol. The van der Waals surface area contributed by atoms with E-state index in [1.54, 1.807) is 0 Å². The van der Waals surface area contributed by atoms with Crippen molar-refractivity contribution in [2.45, 2.75) is 32.5 Å². The van der Waals surface area contributed by atoms with E-state index in [-0.39, 0.29) is 30.2 Å². The Hall–Kier alpha value is -2.72. The Morgan fingerprint density at radius 2 is 2.11 bits per heavy atom. The number of aromatic nitrogens is 3. The number of carbonyl (C=O) groups is 1. The Balaban J connectivity index is 1.97. The predicted octanol–water partition coefficient (Wildman–Crippen LogP) is 3.67. The van der Waals surface area contributed by atoms with Crippen LogP contribution in [0.5, 0.6) is 5.88 Å². The summed E-state index contributed by atoms with van der Waals surface area (Å²) in [5.74, 6) is -1.14. The lowest BCUT2D eigenvalue weighted by molar-refractivity contribution is -0.142. The predicted molar refractivity (Wildman–Crippen MR) is 87.6 cm³/mol. The molecule has 6 nitrogen and oxygen atoms in total. The number of likely N-dealkylation sites (tertiary alicyclic amines) is 1. The van der Waals surface area contributed by atoms with Crippen molar-refractivity contribution in [2.24, 2.45) is 5.92 Å². The van der Waals surface area contributed by atoms with E-state index in [1.807, 2.05) is 6.92 Å². The standard InChI is InChI=1S/C17H17F5N4O2/c1-2-5-28-14-4-3-13-23-16(17(20,21)22)11(26(13)24-14)9-25-8-10(6-12(18)19)7-15(25)27/h3-4,6,10H,2,5,7-9H2,1H3. The van der Waals surface area contributed by atoms with Crippen LogP contribution >= 0.6 is 0 Å². The third-order valence-electron chi connectivity index (χ3n) is 4.22. The normalized spacial score (nSPS) is 17.4. The number of fused-ring (bicyclic) bond motifs is 1. The molecule has 0 aromatic carbocycles. The van der Waals surface area contributed by atoms with E-state index in [4.69, 9.17) is 4.74 Å². The minimum absolute atomic E-state index is 0.0518. The van der Waals surface area contributed by atoms with E-state index in [0.717, 1.165) is 9.42 Å². The SMILES string of the molecule is CCCOc1ccc2nc(C(F)(F)F)c(CN3CC(C=C(F)F)CC3=O)n2n1. The van der Waals surface area contributed by atoms with Gasteiger partial charge in [0.1, 0.15) is 0 Å². The van der Waals surface area contributed by atoms with E-state index in [9.17, 15) is 26.7 Å². The summed E-state index contributed by atoms with van der Waals surface area (Å²) in [4.78, 5) is 16.8. The highest BCUT2D eigenvalue weighted by molar-refractivity contribution is 5.79. The van der Waals surface area contributed by atoms with Crippen LogP contribution in [0.15, 0.2) is 24.3 Å². The van der Waals surface area contributed by atoms with Gasteiger partial charge in [-0.15, -0.1) is 5.10 Å². The van der Waals surface area contributed by atoms with E-state index >= 15 is 0 Å². The van der Waals surface area contributed by atoms with E-state index in [1.165, 1.54) is 12.1 Å². The van der Waals surface area contributed by atoms with Gasteiger partial charge in [-0.05, 0) is 18.6 Å². The molecule has 1 aliphatic heterocycles. The molecule has 0 aliphatic carbocycles. The van der Waals surface area contributed by atoms with Gasteiger partial charge in [0, 0.05) is 24.9 Å². The van der Waals surface area contributed by atoms with E-state index in [2.05, 4.69) is 10.1 Å². The highest BCUT2D eigenvalue weighted by atomic mass is 19.4. The molecule has 0 N–H and O–H groups in total. The highest BCUT2D eigenvalue weighted by Gasteiger charge is 2.40. The van der Waals surface area contributed by atoms with Crippen LogP contribution in [0.3, 0.4) is 0 Å². The largest absolute Gasteiger partial charge is 0.477 e. The van der Waals surface area contributed by atoms with Gasteiger partial charge in [0.25, 0.3) is 6.08 Å². The lowest BCUT2D eigenvalue weighted by atomic mass is 10.1. The number of amides is 1. The number of nitrogens with zero attached hydrogens (tertiary/aromatic N) is 4. The first-order valence-corrected chi connectivity index (χ1v) is 8.58. The molecule has 2 aromatic rings. The molecule has 0 saturated carbocycles. The second kappa shape index (κ2) is 7.72. The average molecular weight is 404 g/mol. The number of halogens is 5. The summed E-state index contributed by atoms with van der Waals surface area (Å²) in [5, 5.41) is 4.04. The van der Waals surface area contributed by atoms with Crippen LogP contribution in [-0.4, -0.2) is 38.6 Å². The monoisotopic (exact) mass is 404 g/mol. The highest BCUT2D eigenvalue weighted by Crippen LogP contribution is 2.33. The van der Waals surface area contributed by atoms with Crippen molar-refractivity contribution in [3.05, 3.63) is 35.7 Å². The zero-order valence-corrected chi connectivity index (χ0v) is 14.8. The molecule has 1 aliphatic rings. The van der Waals surface area contributed by atoms with E-state index < -0.39 is 36.3 Å². The number of ether oxygens (including phenoxy) is 1. The fourth-order valence-electron chi connectivity index (χ4n) is 3.04. The summed E-state index contributed by atoms with van der Waals surface area (Å²) in [7, 11) is 0. The molecule has 3 rings (SSSR count). The third-order valence-corrected chi connectivity index (χ3v) is 4.22. The topological polar surface area (TPSA) is 59.7 Å². The van der Waals surface area contributed by atoms with E-state index in [0.29, 0.717) is 19.1 Å². The van der Waals surface area contributed by atoms with Crippen LogP contribution in [0.4, 0.5) is 22.0 Å². The smallest absolute Gasteiger partial charge is 0.435 e. The molecule has 3 heterocycles. The quantitative estimate of drug-likeness (QED) is 0.690. The van der Waals surface area contributed by atoms with Gasteiger partial charge in [0.15, 0.2) is 11.3 Å². The third kappa shape index (κ3) is 4.23. The molecule has 0 bridgehead atoms. The van der Waals surface area contributed by atoms with Crippen LogP contribution in [0, 0.1) is 5.92 Å². The van der Waals surface area contributed by atoms with Gasteiger partial charge in [-0.25, -0.2) is 9.50 Å². The van der Waals surface area contributed by atoms with Crippen molar-refractivity contribution in [3.63, 3.8) is 0 Å².